The highest BCUT2D eigenvalue weighted by Gasteiger charge is 2.31. The van der Waals surface area contributed by atoms with Crippen LogP contribution in [0.5, 0.6) is 0 Å². The summed E-state index contributed by atoms with van der Waals surface area (Å²) in [7, 11) is -2.35. The lowest BCUT2D eigenvalue weighted by Gasteiger charge is -2.33. The summed E-state index contributed by atoms with van der Waals surface area (Å²) in [5.74, 6) is 0. The van der Waals surface area contributed by atoms with E-state index in [-0.39, 0.29) is 5.54 Å². The van der Waals surface area contributed by atoms with Crippen molar-refractivity contribution in [3.8, 4) is 0 Å². The average Bonchev–Trinajstić information content (AvgIpc) is 2.04. The number of nitrogens with one attached hydrogen (secondary N) is 1. The second-order valence-electron chi connectivity index (χ2n) is 3.84. The van der Waals surface area contributed by atoms with Gasteiger partial charge in [-0.25, -0.2) is 0 Å². The van der Waals surface area contributed by atoms with Crippen molar-refractivity contribution in [2.24, 2.45) is 0 Å². The molecule has 0 aromatic carbocycles. The quantitative estimate of drug-likeness (QED) is 0.756. The predicted molar refractivity (Wildman–Crippen MR) is 50.6 cm³/mol. The topological polar surface area (TPSA) is 55.4 Å². The summed E-state index contributed by atoms with van der Waals surface area (Å²) in [6, 6.07) is 0. The highest BCUT2D eigenvalue weighted by molar-refractivity contribution is 7.84. The zero-order valence-corrected chi connectivity index (χ0v) is 8.99. The zero-order valence-electron chi connectivity index (χ0n) is 8.17. The molecule has 0 atom stereocenters. The highest BCUT2D eigenvalue weighted by atomic mass is 32.2. The molecule has 1 aliphatic rings. The van der Waals surface area contributed by atoms with Gasteiger partial charge in [-0.3, -0.25) is 4.18 Å². The second-order valence-corrected chi connectivity index (χ2v) is 5.29. The Morgan fingerprint density at radius 3 is 2.23 bits per heavy atom. The zero-order chi connectivity index (χ0) is 9.95. The normalized spacial score (nSPS) is 22.9. The first kappa shape index (κ1) is 10.9. The van der Waals surface area contributed by atoms with Gasteiger partial charge in [-0.15, -0.1) is 0 Å². The number of hydrogen-bond donors (Lipinski definition) is 1. The fourth-order valence-electron chi connectivity index (χ4n) is 1.78. The first-order valence-corrected chi connectivity index (χ1v) is 5.98. The number of hydrogen-bond acceptors (Lipinski definition) is 3. The van der Waals surface area contributed by atoms with Gasteiger partial charge in [0, 0.05) is 5.54 Å². The van der Waals surface area contributed by atoms with Crippen LogP contribution in [0.1, 0.15) is 39.0 Å². The van der Waals surface area contributed by atoms with Gasteiger partial charge in [-0.1, -0.05) is 19.3 Å². The summed E-state index contributed by atoms with van der Waals surface area (Å²) in [5, 5.41) is 0. The van der Waals surface area contributed by atoms with E-state index in [1.165, 1.54) is 13.5 Å². The molecular weight excluding hydrogens is 190 g/mol. The molecule has 1 aliphatic carbocycles. The van der Waals surface area contributed by atoms with E-state index in [1.54, 1.807) is 0 Å². The van der Waals surface area contributed by atoms with E-state index in [0.717, 1.165) is 25.7 Å². The van der Waals surface area contributed by atoms with Crippen molar-refractivity contribution in [2.75, 3.05) is 7.11 Å². The van der Waals surface area contributed by atoms with Crippen LogP contribution in [0.4, 0.5) is 0 Å². The molecule has 1 N–H and O–H groups in total. The molecule has 0 aromatic rings. The minimum absolute atomic E-state index is 0.299. The van der Waals surface area contributed by atoms with Crippen LogP contribution in [-0.4, -0.2) is 21.1 Å². The largest absolute Gasteiger partial charge is 0.336 e. The van der Waals surface area contributed by atoms with Gasteiger partial charge in [0.05, 0.1) is 7.11 Å². The molecule has 1 fully saturated rings. The maximum absolute atomic E-state index is 11.1. The summed E-state index contributed by atoms with van der Waals surface area (Å²) < 4.78 is 29.2. The molecule has 0 unspecified atom stereocenters. The summed E-state index contributed by atoms with van der Waals surface area (Å²) in [6.45, 7) is 1.93. The van der Waals surface area contributed by atoms with Gasteiger partial charge in [0.25, 0.3) is 0 Å². The highest BCUT2D eigenvalue weighted by Crippen LogP contribution is 2.28. The van der Waals surface area contributed by atoms with Gasteiger partial charge in [0.1, 0.15) is 0 Å². The first-order valence-electron chi connectivity index (χ1n) is 4.57. The van der Waals surface area contributed by atoms with Crippen molar-refractivity contribution in [1.29, 1.82) is 0 Å². The Hall–Kier alpha value is -0.130. The first-order chi connectivity index (χ1) is 5.97. The Balaban J connectivity index is 2.60. The summed E-state index contributed by atoms with van der Waals surface area (Å²) >= 11 is 0. The molecule has 0 aliphatic heterocycles. The van der Waals surface area contributed by atoms with Crippen LogP contribution in [-0.2, 0) is 14.5 Å². The second kappa shape index (κ2) is 3.94. The van der Waals surface area contributed by atoms with Crippen molar-refractivity contribution >= 4 is 10.3 Å². The number of rotatable bonds is 3. The van der Waals surface area contributed by atoms with Gasteiger partial charge in [-0.05, 0) is 19.8 Å². The van der Waals surface area contributed by atoms with E-state index in [2.05, 4.69) is 8.91 Å². The van der Waals surface area contributed by atoms with Crippen molar-refractivity contribution in [3.63, 3.8) is 0 Å². The third kappa shape index (κ3) is 3.25. The predicted octanol–water partition coefficient (Wildman–Crippen LogP) is 1.19. The van der Waals surface area contributed by atoms with Crippen molar-refractivity contribution < 1.29 is 12.6 Å². The molecule has 0 spiro atoms. The van der Waals surface area contributed by atoms with Crippen molar-refractivity contribution in [3.05, 3.63) is 0 Å². The molecule has 0 amide bonds. The van der Waals surface area contributed by atoms with E-state index < -0.39 is 10.3 Å². The maximum atomic E-state index is 11.1. The Morgan fingerprint density at radius 2 is 1.77 bits per heavy atom. The van der Waals surface area contributed by atoms with Crippen LogP contribution in [0.25, 0.3) is 0 Å². The smallest absolute Gasteiger partial charge is 0.261 e. The SMILES string of the molecule is COS(=O)(=O)NC1(C)CCCCC1. The molecule has 0 bridgehead atoms. The van der Waals surface area contributed by atoms with Crippen LogP contribution in [0.3, 0.4) is 0 Å². The fraction of sp³-hybridized carbons (Fsp3) is 1.00. The fourth-order valence-corrected chi connectivity index (χ4v) is 2.67. The van der Waals surface area contributed by atoms with Gasteiger partial charge in [-0.2, -0.15) is 13.1 Å². The van der Waals surface area contributed by atoms with Crippen LogP contribution in [0.15, 0.2) is 0 Å². The third-order valence-electron chi connectivity index (χ3n) is 2.55. The standard InChI is InChI=1S/C8H17NO3S/c1-8(6-4-3-5-7-8)9-13(10,11)12-2/h9H,3-7H2,1-2H3. The Labute approximate surface area is 79.9 Å². The molecular formula is C8H17NO3S. The van der Waals surface area contributed by atoms with Gasteiger partial charge >= 0.3 is 10.3 Å². The van der Waals surface area contributed by atoms with Crippen LogP contribution >= 0.6 is 0 Å². The average molecular weight is 207 g/mol. The van der Waals surface area contributed by atoms with E-state index >= 15 is 0 Å². The summed E-state index contributed by atoms with van der Waals surface area (Å²) in [5.41, 5.74) is -0.299. The molecule has 13 heavy (non-hydrogen) atoms. The Morgan fingerprint density at radius 1 is 1.23 bits per heavy atom. The molecule has 5 heteroatoms. The van der Waals surface area contributed by atoms with E-state index in [9.17, 15) is 8.42 Å². The maximum Gasteiger partial charge on any atom is 0.336 e. The molecule has 0 heterocycles. The molecule has 4 nitrogen and oxygen atoms in total. The minimum Gasteiger partial charge on any atom is -0.261 e. The molecule has 78 valence electrons. The lowest BCUT2D eigenvalue weighted by molar-refractivity contribution is 0.275. The van der Waals surface area contributed by atoms with E-state index in [4.69, 9.17) is 0 Å². The Kier molecular flexibility index (Phi) is 3.32. The summed E-state index contributed by atoms with van der Waals surface area (Å²) in [6.07, 6.45) is 5.17. The van der Waals surface area contributed by atoms with Crippen LogP contribution in [0.2, 0.25) is 0 Å². The van der Waals surface area contributed by atoms with Gasteiger partial charge < -0.3 is 0 Å². The van der Waals surface area contributed by atoms with Crippen molar-refractivity contribution in [1.82, 2.24) is 4.72 Å². The monoisotopic (exact) mass is 207 g/mol. The molecule has 1 rings (SSSR count). The molecule has 0 radical (unpaired) electrons. The summed E-state index contributed by atoms with van der Waals surface area (Å²) in [4.78, 5) is 0. The van der Waals surface area contributed by atoms with Crippen LogP contribution < -0.4 is 4.72 Å². The molecule has 0 saturated heterocycles. The van der Waals surface area contributed by atoms with E-state index in [1.807, 2.05) is 6.92 Å². The van der Waals surface area contributed by atoms with E-state index in [0.29, 0.717) is 0 Å². The third-order valence-corrected chi connectivity index (χ3v) is 3.73. The minimum atomic E-state index is -3.53. The van der Waals surface area contributed by atoms with Crippen LogP contribution in [0, 0.1) is 0 Å². The molecule has 0 aromatic heterocycles. The Bertz CT molecular complexity index is 255. The lowest BCUT2D eigenvalue weighted by atomic mass is 9.84. The van der Waals surface area contributed by atoms with Gasteiger partial charge in [0.15, 0.2) is 0 Å². The lowest BCUT2D eigenvalue weighted by Crippen LogP contribution is -2.47. The van der Waals surface area contributed by atoms with Gasteiger partial charge in [0.2, 0.25) is 0 Å². The molecule has 1 saturated carbocycles. The van der Waals surface area contributed by atoms with Crippen molar-refractivity contribution in [2.45, 2.75) is 44.6 Å².